The number of hydrogen-bond donors (Lipinski definition) is 2. The van der Waals surface area contributed by atoms with Crippen molar-refractivity contribution in [3.63, 3.8) is 0 Å². The zero-order valence-corrected chi connectivity index (χ0v) is 10.6. The number of hydrazine groups is 1. The van der Waals surface area contributed by atoms with Crippen LogP contribution in [0.3, 0.4) is 0 Å². The zero-order valence-electron chi connectivity index (χ0n) is 9.07. The van der Waals surface area contributed by atoms with Crippen molar-refractivity contribution in [2.45, 2.75) is 10.1 Å². The Kier molecular flexibility index (Phi) is 5.70. The maximum atomic E-state index is 12.9. The molecule has 1 unspecified atom stereocenters. The summed E-state index contributed by atoms with van der Waals surface area (Å²) in [5, 5.41) is -0.495. The summed E-state index contributed by atoms with van der Waals surface area (Å²) < 4.78 is 17.9. The van der Waals surface area contributed by atoms with Crippen LogP contribution in [-0.4, -0.2) is 24.9 Å². The number of ether oxygens (including phenoxy) is 1. The van der Waals surface area contributed by atoms with E-state index in [4.69, 9.17) is 22.2 Å². The first-order valence-corrected chi connectivity index (χ1v) is 5.95. The van der Waals surface area contributed by atoms with Crippen molar-refractivity contribution in [1.29, 1.82) is 0 Å². The molecule has 7 heteroatoms. The Morgan fingerprint density at radius 1 is 1.71 bits per heavy atom. The molecule has 0 fully saturated rings. The number of halogens is 2. The highest BCUT2D eigenvalue weighted by molar-refractivity contribution is 8.00. The van der Waals surface area contributed by atoms with Gasteiger partial charge >= 0.3 is 0 Å². The second-order valence-corrected chi connectivity index (χ2v) is 4.83. The SMILES string of the molecule is COCC(Sc1ccc(F)c(Cl)c1)C(=O)NN. The van der Waals surface area contributed by atoms with Gasteiger partial charge in [-0.2, -0.15) is 0 Å². The largest absolute Gasteiger partial charge is 0.383 e. The molecule has 0 bridgehead atoms. The van der Waals surface area contributed by atoms with Gasteiger partial charge in [-0.1, -0.05) is 11.6 Å². The molecular weight excluding hydrogens is 267 g/mol. The van der Waals surface area contributed by atoms with Crippen molar-refractivity contribution in [3.05, 3.63) is 29.0 Å². The number of amides is 1. The molecule has 1 aromatic carbocycles. The van der Waals surface area contributed by atoms with E-state index >= 15 is 0 Å². The molecule has 0 aliphatic carbocycles. The van der Waals surface area contributed by atoms with Crippen LogP contribution >= 0.6 is 23.4 Å². The maximum Gasteiger partial charge on any atom is 0.249 e. The lowest BCUT2D eigenvalue weighted by atomic mass is 10.3. The monoisotopic (exact) mass is 278 g/mol. The van der Waals surface area contributed by atoms with Gasteiger partial charge in [0.2, 0.25) is 5.91 Å². The summed E-state index contributed by atoms with van der Waals surface area (Å²) in [4.78, 5) is 12.1. The molecule has 1 atom stereocenters. The first-order chi connectivity index (χ1) is 8.08. The molecule has 0 radical (unpaired) electrons. The topological polar surface area (TPSA) is 64.3 Å². The smallest absolute Gasteiger partial charge is 0.249 e. The number of carbonyl (C=O) groups excluding carboxylic acids is 1. The Balaban J connectivity index is 2.78. The van der Waals surface area contributed by atoms with E-state index in [9.17, 15) is 9.18 Å². The molecule has 0 saturated heterocycles. The average molecular weight is 279 g/mol. The van der Waals surface area contributed by atoms with Gasteiger partial charge in [0.1, 0.15) is 11.1 Å². The fourth-order valence-corrected chi connectivity index (χ4v) is 2.41. The van der Waals surface area contributed by atoms with Crippen LogP contribution in [-0.2, 0) is 9.53 Å². The molecule has 4 nitrogen and oxygen atoms in total. The van der Waals surface area contributed by atoms with Crippen LogP contribution in [0.4, 0.5) is 4.39 Å². The van der Waals surface area contributed by atoms with Crippen LogP contribution in [0.2, 0.25) is 5.02 Å². The van der Waals surface area contributed by atoms with Gasteiger partial charge in [0.25, 0.3) is 0 Å². The highest BCUT2D eigenvalue weighted by atomic mass is 35.5. The van der Waals surface area contributed by atoms with Gasteiger partial charge in [-0.05, 0) is 18.2 Å². The minimum Gasteiger partial charge on any atom is -0.383 e. The van der Waals surface area contributed by atoms with Crippen LogP contribution in [0.5, 0.6) is 0 Å². The van der Waals surface area contributed by atoms with Crippen LogP contribution in [0, 0.1) is 5.82 Å². The van der Waals surface area contributed by atoms with Crippen molar-refractivity contribution >= 4 is 29.3 Å². The number of carbonyl (C=O) groups is 1. The van der Waals surface area contributed by atoms with Crippen molar-refractivity contribution in [1.82, 2.24) is 5.43 Å². The molecule has 0 saturated carbocycles. The Morgan fingerprint density at radius 3 is 2.94 bits per heavy atom. The van der Waals surface area contributed by atoms with E-state index in [1.807, 2.05) is 5.43 Å². The minimum absolute atomic E-state index is 0.0133. The lowest BCUT2D eigenvalue weighted by Crippen LogP contribution is -2.39. The number of hydrogen-bond acceptors (Lipinski definition) is 4. The maximum absolute atomic E-state index is 12.9. The quantitative estimate of drug-likeness (QED) is 0.371. The number of nitrogens with one attached hydrogen (secondary N) is 1. The summed E-state index contributed by atoms with van der Waals surface area (Å²) in [6.45, 7) is 0.197. The number of rotatable bonds is 5. The van der Waals surface area contributed by atoms with Crippen molar-refractivity contribution in [2.24, 2.45) is 5.84 Å². The van der Waals surface area contributed by atoms with Crippen LogP contribution < -0.4 is 11.3 Å². The summed E-state index contributed by atoms with van der Waals surface area (Å²) in [5.74, 6) is 4.20. The summed E-state index contributed by atoms with van der Waals surface area (Å²) in [7, 11) is 1.48. The van der Waals surface area contributed by atoms with Crippen LogP contribution in [0.25, 0.3) is 0 Å². The minimum atomic E-state index is -0.508. The fourth-order valence-electron chi connectivity index (χ4n) is 1.12. The molecular formula is C10H12ClFN2O2S. The zero-order chi connectivity index (χ0) is 12.8. The van der Waals surface area contributed by atoms with E-state index in [1.165, 1.54) is 31.0 Å². The standard InChI is InChI=1S/C10H12ClFN2O2S/c1-16-5-9(10(15)14-13)17-6-2-3-8(12)7(11)4-6/h2-4,9H,5,13H2,1H3,(H,14,15). The lowest BCUT2D eigenvalue weighted by molar-refractivity contribution is -0.121. The number of thioether (sulfide) groups is 1. The summed E-state index contributed by atoms with van der Waals surface area (Å²) in [5.41, 5.74) is 2.05. The Bertz CT molecular complexity index is 406. The molecule has 94 valence electrons. The van der Waals surface area contributed by atoms with Gasteiger partial charge in [0, 0.05) is 12.0 Å². The van der Waals surface area contributed by atoms with Gasteiger partial charge in [-0.3, -0.25) is 10.2 Å². The van der Waals surface area contributed by atoms with Gasteiger partial charge in [-0.15, -0.1) is 11.8 Å². The summed E-state index contributed by atoms with van der Waals surface area (Å²) in [6.07, 6.45) is 0. The Morgan fingerprint density at radius 2 is 2.41 bits per heavy atom. The first kappa shape index (κ1) is 14.2. The van der Waals surface area contributed by atoms with Crippen molar-refractivity contribution in [3.8, 4) is 0 Å². The molecule has 1 rings (SSSR count). The third-order valence-corrected chi connectivity index (χ3v) is 3.37. The lowest BCUT2D eigenvalue weighted by Gasteiger charge is -2.13. The molecule has 17 heavy (non-hydrogen) atoms. The van der Waals surface area contributed by atoms with Gasteiger partial charge < -0.3 is 4.74 Å². The average Bonchev–Trinajstić information content (AvgIpc) is 2.32. The number of benzene rings is 1. The predicted octanol–water partition coefficient (Wildman–Crippen LogP) is 1.58. The van der Waals surface area contributed by atoms with Crippen molar-refractivity contribution < 1.29 is 13.9 Å². The van der Waals surface area contributed by atoms with Gasteiger partial charge in [0.15, 0.2) is 0 Å². The molecule has 0 aliphatic heterocycles. The molecule has 1 aromatic rings. The molecule has 1 amide bonds. The van der Waals surface area contributed by atoms with E-state index in [1.54, 1.807) is 6.07 Å². The van der Waals surface area contributed by atoms with Gasteiger partial charge in [0.05, 0.1) is 11.6 Å². The summed E-state index contributed by atoms with van der Waals surface area (Å²) >= 11 is 6.84. The highest BCUT2D eigenvalue weighted by Crippen LogP contribution is 2.27. The van der Waals surface area contributed by atoms with E-state index in [0.717, 1.165) is 0 Å². The molecule has 0 spiro atoms. The fraction of sp³-hybridized carbons (Fsp3) is 0.300. The van der Waals surface area contributed by atoms with Crippen molar-refractivity contribution in [2.75, 3.05) is 13.7 Å². The van der Waals surface area contributed by atoms with E-state index in [-0.39, 0.29) is 17.5 Å². The predicted molar refractivity (Wildman–Crippen MR) is 65.3 cm³/mol. The third kappa shape index (κ3) is 4.16. The second kappa shape index (κ2) is 6.80. The number of nitrogens with two attached hydrogens (primary N) is 1. The first-order valence-electron chi connectivity index (χ1n) is 4.69. The van der Waals surface area contributed by atoms with Gasteiger partial charge in [-0.25, -0.2) is 10.2 Å². The molecule has 0 aliphatic rings. The highest BCUT2D eigenvalue weighted by Gasteiger charge is 2.19. The van der Waals surface area contributed by atoms with E-state index in [2.05, 4.69) is 0 Å². The van der Waals surface area contributed by atoms with Crippen LogP contribution in [0.15, 0.2) is 23.1 Å². The molecule has 0 aromatic heterocycles. The second-order valence-electron chi connectivity index (χ2n) is 3.15. The summed E-state index contributed by atoms with van der Waals surface area (Å²) in [6, 6.07) is 4.24. The van der Waals surface area contributed by atoms with E-state index in [0.29, 0.717) is 4.90 Å². The molecule has 3 N–H and O–H groups in total. The third-order valence-electron chi connectivity index (χ3n) is 1.92. The van der Waals surface area contributed by atoms with E-state index < -0.39 is 11.1 Å². The van der Waals surface area contributed by atoms with Crippen LogP contribution in [0.1, 0.15) is 0 Å². The number of methoxy groups -OCH3 is 1. The normalized spacial score (nSPS) is 12.2. The Labute approximate surface area is 108 Å². The Hall–Kier alpha value is -0.820. The molecule has 0 heterocycles.